The Hall–Kier alpha value is -0.940. The number of nitrogens with zero attached hydrogens (tertiary/aromatic N) is 1. The van der Waals surface area contributed by atoms with E-state index >= 15 is 0 Å². The number of rotatable bonds is 7. The minimum absolute atomic E-state index is 0.205. The number of aryl methyl sites for hydroxylation is 1. The van der Waals surface area contributed by atoms with Crippen molar-refractivity contribution in [2.45, 2.75) is 26.1 Å². The molecule has 0 aromatic heterocycles. The van der Waals surface area contributed by atoms with Crippen LogP contribution in [0.25, 0.3) is 0 Å². The molecule has 0 saturated heterocycles. The van der Waals surface area contributed by atoms with E-state index < -0.39 is 6.29 Å². The average Bonchev–Trinajstić information content (AvgIpc) is 2.35. The summed E-state index contributed by atoms with van der Waals surface area (Å²) in [6.45, 7) is 4.95. The fraction of sp³-hybridized carbons (Fsp3) is 0.600. The molecule has 4 heteroatoms. The van der Waals surface area contributed by atoms with E-state index in [1.165, 1.54) is 11.1 Å². The van der Waals surface area contributed by atoms with Gasteiger partial charge in [-0.1, -0.05) is 36.8 Å². The van der Waals surface area contributed by atoms with Crippen LogP contribution in [0.1, 0.15) is 24.0 Å². The van der Waals surface area contributed by atoms with Crippen LogP contribution in [0.2, 0.25) is 0 Å². The van der Waals surface area contributed by atoms with Gasteiger partial charge in [-0.15, -0.1) is 0 Å². The SMILES string of the molecule is COC(C[N+](C)([O-])C[C@@H](C)c1cccc(C)c1)OC. The van der Waals surface area contributed by atoms with Crippen molar-refractivity contribution in [3.05, 3.63) is 40.6 Å². The lowest BCUT2D eigenvalue weighted by atomic mass is 9.99. The topological polar surface area (TPSA) is 41.5 Å². The summed E-state index contributed by atoms with van der Waals surface area (Å²) in [4.78, 5) is 0. The van der Waals surface area contributed by atoms with Gasteiger partial charge in [0, 0.05) is 20.1 Å². The van der Waals surface area contributed by atoms with Crippen molar-refractivity contribution in [1.29, 1.82) is 0 Å². The molecular weight excluding hydrogens is 242 g/mol. The molecule has 0 fully saturated rings. The fourth-order valence-corrected chi connectivity index (χ4v) is 2.30. The predicted octanol–water partition coefficient (Wildman–Crippen LogP) is 2.66. The molecule has 0 aliphatic carbocycles. The Labute approximate surface area is 116 Å². The first-order chi connectivity index (χ1) is 8.88. The van der Waals surface area contributed by atoms with Gasteiger partial charge >= 0.3 is 0 Å². The molecule has 108 valence electrons. The van der Waals surface area contributed by atoms with Crippen LogP contribution in [0.15, 0.2) is 24.3 Å². The summed E-state index contributed by atoms with van der Waals surface area (Å²) < 4.78 is 9.83. The predicted molar refractivity (Wildman–Crippen MR) is 76.7 cm³/mol. The van der Waals surface area contributed by atoms with Gasteiger partial charge < -0.3 is 19.3 Å². The van der Waals surface area contributed by atoms with Gasteiger partial charge in [-0.3, -0.25) is 0 Å². The second-order valence-corrected chi connectivity index (χ2v) is 5.38. The van der Waals surface area contributed by atoms with E-state index in [0.717, 1.165) is 0 Å². The van der Waals surface area contributed by atoms with Gasteiger partial charge in [-0.05, 0) is 12.5 Å². The first-order valence-corrected chi connectivity index (χ1v) is 6.55. The first kappa shape index (κ1) is 16.1. The molecule has 0 aliphatic rings. The maximum absolute atomic E-state index is 12.5. The lowest BCUT2D eigenvalue weighted by Gasteiger charge is -2.42. The zero-order valence-electron chi connectivity index (χ0n) is 12.6. The van der Waals surface area contributed by atoms with Gasteiger partial charge in [0.2, 0.25) is 6.29 Å². The molecule has 1 unspecified atom stereocenters. The number of benzene rings is 1. The molecule has 0 N–H and O–H groups in total. The van der Waals surface area contributed by atoms with Crippen molar-refractivity contribution in [1.82, 2.24) is 0 Å². The summed E-state index contributed by atoms with van der Waals surface area (Å²) in [6.07, 6.45) is -0.452. The quantitative estimate of drug-likeness (QED) is 0.433. The van der Waals surface area contributed by atoms with Gasteiger partial charge in [-0.25, -0.2) is 0 Å². The van der Waals surface area contributed by atoms with E-state index in [9.17, 15) is 5.21 Å². The Bertz CT molecular complexity index is 389. The van der Waals surface area contributed by atoms with Crippen LogP contribution in [0.4, 0.5) is 0 Å². The highest BCUT2D eigenvalue weighted by molar-refractivity contribution is 5.25. The average molecular weight is 267 g/mol. The molecule has 0 spiro atoms. The van der Waals surface area contributed by atoms with E-state index in [2.05, 4.69) is 32.0 Å². The van der Waals surface area contributed by atoms with Crippen LogP contribution >= 0.6 is 0 Å². The van der Waals surface area contributed by atoms with Crippen molar-refractivity contribution in [3.8, 4) is 0 Å². The largest absolute Gasteiger partial charge is 0.633 e. The Kier molecular flexibility index (Phi) is 5.94. The minimum Gasteiger partial charge on any atom is -0.633 e. The maximum atomic E-state index is 12.5. The molecule has 0 saturated carbocycles. The highest BCUT2D eigenvalue weighted by Crippen LogP contribution is 2.20. The number of hydrogen-bond acceptors (Lipinski definition) is 3. The Morgan fingerprint density at radius 1 is 1.21 bits per heavy atom. The number of ether oxygens (including phenoxy) is 2. The van der Waals surface area contributed by atoms with Crippen LogP contribution in [-0.4, -0.2) is 45.3 Å². The molecule has 0 aliphatic heterocycles. The third-order valence-electron chi connectivity index (χ3n) is 3.33. The molecule has 0 radical (unpaired) electrons. The number of hydroxylamine groups is 3. The van der Waals surface area contributed by atoms with E-state index in [4.69, 9.17) is 9.47 Å². The number of quaternary nitrogens is 1. The molecule has 1 rings (SSSR count). The van der Waals surface area contributed by atoms with E-state index in [-0.39, 0.29) is 10.6 Å². The maximum Gasteiger partial charge on any atom is 0.207 e. The molecule has 2 atom stereocenters. The van der Waals surface area contributed by atoms with E-state index in [0.29, 0.717) is 13.1 Å². The minimum atomic E-state index is -0.452. The van der Waals surface area contributed by atoms with Gasteiger partial charge in [0.25, 0.3) is 0 Å². The first-order valence-electron chi connectivity index (χ1n) is 6.55. The molecule has 1 aromatic carbocycles. The molecule has 4 nitrogen and oxygen atoms in total. The number of hydrogen-bond donors (Lipinski definition) is 0. The monoisotopic (exact) mass is 267 g/mol. The van der Waals surface area contributed by atoms with Gasteiger partial charge in [0.1, 0.15) is 6.54 Å². The van der Waals surface area contributed by atoms with Gasteiger partial charge in [-0.2, -0.15) is 0 Å². The molecule has 0 bridgehead atoms. The molecule has 1 aromatic rings. The highest BCUT2D eigenvalue weighted by Gasteiger charge is 2.21. The van der Waals surface area contributed by atoms with Crippen LogP contribution in [-0.2, 0) is 9.47 Å². The second-order valence-electron chi connectivity index (χ2n) is 5.38. The standard InChI is InChI=1S/C15H25NO3/c1-12-7-6-8-14(9-12)13(2)10-16(3,17)11-15(18-4)19-5/h6-9,13,15H,10-11H2,1-5H3/t13-,16?/m1/s1. The number of methoxy groups -OCH3 is 2. The lowest BCUT2D eigenvalue weighted by molar-refractivity contribution is -0.868. The lowest BCUT2D eigenvalue weighted by Crippen LogP contribution is -2.46. The van der Waals surface area contributed by atoms with Crippen LogP contribution < -0.4 is 0 Å². The Morgan fingerprint density at radius 3 is 2.37 bits per heavy atom. The van der Waals surface area contributed by atoms with Crippen molar-refractivity contribution >= 4 is 0 Å². The summed E-state index contributed by atoms with van der Waals surface area (Å²) in [5.41, 5.74) is 2.42. The summed E-state index contributed by atoms with van der Waals surface area (Å²) in [5.74, 6) is 0.205. The fourth-order valence-electron chi connectivity index (χ4n) is 2.30. The van der Waals surface area contributed by atoms with Gasteiger partial charge in [0.15, 0.2) is 0 Å². The van der Waals surface area contributed by atoms with E-state index in [1.54, 1.807) is 21.3 Å². The summed E-state index contributed by atoms with van der Waals surface area (Å²) >= 11 is 0. The zero-order chi connectivity index (χ0) is 14.5. The van der Waals surface area contributed by atoms with Gasteiger partial charge in [0.05, 0.1) is 13.6 Å². The Balaban J connectivity index is 2.66. The zero-order valence-corrected chi connectivity index (χ0v) is 12.6. The van der Waals surface area contributed by atoms with Crippen LogP contribution in [0, 0.1) is 12.1 Å². The summed E-state index contributed by atoms with van der Waals surface area (Å²) in [7, 11) is 4.77. The van der Waals surface area contributed by atoms with Crippen molar-refractivity contribution in [2.75, 3.05) is 34.4 Å². The van der Waals surface area contributed by atoms with Crippen molar-refractivity contribution < 1.29 is 14.1 Å². The Morgan fingerprint density at radius 2 is 1.84 bits per heavy atom. The highest BCUT2D eigenvalue weighted by atomic mass is 16.7. The summed E-state index contributed by atoms with van der Waals surface area (Å²) in [6, 6.07) is 8.30. The molecule has 0 heterocycles. The van der Waals surface area contributed by atoms with E-state index in [1.807, 2.05) is 6.07 Å². The number of likely N-dealkylation sites (N-methyl/N-ethyl adjacent to an activating group) is 1. The molecular formula is C15H25NO3. The van der Waals surface area contributed by atoms with Crippen LogP contribution in [0.5, 0.6) is 0 Å². The van der Waals surface area contributed by atoms with Crippen LogP contribution in [0.3, 0.4) is 0 Å². The normalized spacial score (nSPS) is 16.4. The molecule has 0 amide bonds. The third kappa shape index (κ3) is 5.28. The second kappa shape index (κ2) is 7.01. The van der Waals surface area contributed by atoms with Crippen molar-refractivity contribution in [2.24, 2.45) is 0 Å². The summed E-state index contributed by atoms with van der Waals surface area (Å²) in [5, 5.41) is 12.5. The third-order valence-corrected chi connectivity index (χ3v) is 3.33. The molecule has 19 heavy (non-hydrogen) atoms. The smallest absolute Gasteiger partial charge is 0.207 e. The van der Waals surface area contributed by atoms with Crippen molar-refractivity contribution in [3.63, 3.8) is 0 Å².